The van der Waals surface area contributed by atoms with Crippen molar-refractivity contribution in [2.24, 2.45) is 0 Å². The van der Waals surface area contributed by atoms with Gasteiger partial charge in [-0.25, -0.2) is 14.4 Å². The van der Waals surface area contributed by atoms with Crippen molar-refractivity contribution in [3.8, 4) is 0 Å². The van der Waals surface area contributed by atoms with Gasteiger partial charge in [-0.05, 0) is 24.3 Å². The first-order chi connectivity index (χ1) is 10.3. The van der Waals surface area contributed by atoms with E-state index in [0.717, 1.165) is 33.9 Å². The molecule has 0 unspecified atom stereocenters. The molecular formula is C16H14FN3S. The Morgan fingerprint density at radius 1 is 1.05 bits per heavy atom. The molecule has 3 aromatic rings. The number of nitrogens with zero attached hydrogens (tertiary/aromatic N) is 2. The van der Waals surface area contributed by atoms with Gasteiger partial charge in [-0.15, -0.1) is 11.8 Å². The largest absolute Gasteiger partial charge is 0.384 e. The Morgan fingerprint density at radius 3 is 2.86 bits per heavy atom. The molecule has 2 aromatic carbocycles. The molecule has 21 heavy (non-hydrogen) atoms. The first-order valence-corrected chi connectivity index (χ1v) is 7.63. The second-order valence-electron chi connectivity index (χ2n) is 4.48. The minimum Gasteiger partial charge on any atom is -0.384 e. The Morgan fingerprint density at radius 2 is 1.95 bits per heavy atom. The van der Waals surface area contributed by atoms with Crippen LogP contribution in [0.25, 0.3) is 10.9 Å². The topological polar surface area (TPSA) is 37.8 Å². The fourth-order valence-corrected chi connectivity index (χ4v) is 2.88. The quantitative estimate of drug-likeness (QED) is 0.439. The highest BCUT2D eigenvalue weighted by Crippen LogP contribution is 2.23. The fraction of sp³-hybridized carbons (Fsp3) is 0.125. The number of hydrogen-bond donors (Lipinski definition) is 1. The zero-order valence-corrected chi connectivity index (χ0v) is 12.1. The summed E-state index contributed by atoms with van der Waals surface area (Å²) in [5.41, 5.74) is 1.75. The summed E-state index contributed by atoms with van der Waals surface area (Å²) in [5, 5.41) is 5.24. The van der Waals surface area contributed by atoms with E-state index < -0.39 is 0 Å². The minimum absolute atomic E-state index is 0.227. The van der Waals surface area contributed by atoms with E-state index in [1.54, 1.807) is 24.2 Å². The van der Waals surface area contributed by atoms with Crippen LogP contribution in [0, 0.1) is 5.82 Å². The number of benzene rings is 2. The predicted molar refractivity (Wildman–Crippen MR) is 85.2 cm³/mol. The number of aromatic nitrogens is 2. The third kappa shape index (κ3) is 3.49. The summed E-state index contributed by atoms with van der Waals surface area (Å²) in [4.78, 5) is 8.58. The summed E-state index contributed by atoms with van der Waals surface area (Å²) in [6, 6.07) is 14.4. The molecule has 0 fully saturated rings. The average molecular weight is 299 g/mol. The van der Waals surface area contributed by atoms with E-state index in [4.69, 9.17) is 0 Å². The van der Waals surface area contributed by atoms with Crippen LogP contribution < -0.4 is 5.32 Å². The van der Waals surface area contributed by atoms with Crippen molar-refractivity contribution >= 4 is 28.4 Å². The average Bonchev–Trinajstić information content (AvgIpc) is 2.52. The normalized spacial score (nSPS) is 10.7. The van der Waals surface area contributed by atoms with E-state index in [-0.39, 0.29) is 5.82 Å². The lowest BCUT2D eigenvalue weighted by atomic mass is 10.2. The van der Waals surface area contributed by atoms with Gasteiger partial charge in [-0.1, -0.05) is 24.3 Å². The van der Waals surface area contributed by atoms with Crippen molar-refractivity contribution in [3.63, 3.8) is 0 Å². The number of hydrogen-bond acceptors (Lipinski definition) is 4. The maximum Gasteiger partial charge on any atom is 0.125 e. The lowest BCUT2D eigenvalue weighted by Crippen LogP contribution is -2.04. The number of fused-ring (bicyclic) bond motifs is 1. The molecule has 3 rings (SSSR count). The summed E-state index contributed by atoms with van der Waals surface area (Å²) >= 11 is 1.67. The van der Waals surface area contributed by atoms with Crippen molar-refractivity contribution in [2.45, 2.75) is 5.03 Å². The van der Waals surface area contributed by atoms with Crippen LogP contribution in [-0.4, -0.2) is 22.3 Å². The molecule has 5 heteroatoms. The molecule has 0 aliphatic rings. The van der Waals surface area contributed by atoms with Crippen molar-refractivity contribution in [3.05, 3.63) is 60.7 Å². The maximum atomic E-state index is 13.1. The van der Waals surface area contributed by atoms with Crippen LogP contribution in [0.1, 0.15) is 0 Å². The van der Waals surface area contributed by atoms with Gasteiger partial charge in [0.05, 0.1) is 5.52 Å². The molecule has 3 nitrogen and oxygen atoms in total. The van der Waals surface area contributed by atoms with E-state index in [0.29, 0.717) is 0 Å². The fourth-order valence-electron chi connectivity index (χ4n) is 2.04. The molecule has 1 aromatic heterocycles. The molecule has 0 atom stereocenters. The summed E-state index contributed by atoms with van der Waals surface area (Å²) in [7, 11) is 0. The SMILES string of the molecule is Fc1cccc(NCCSc2ncnc3ccccc23)c1. The number of halogens is 1. The van der Waals surface area contributed by atoms with Gasteiger partial charge in [0, 0.05) is 23.4 Å². The van der Waals surface area contributed by atoms with Gasteiger partial charge < -0.3 is 5.32 Å². The molecule has 0 saturated heterocycles. The van der Waals surface area contributed by atoms with Gasteiger partial charge in [0.2, 0.25) is 0 Å². The molecule has 0 radical (unpaired) electrons. The van der Waals surface area contributed by atoms with E-state index in [2.05, 4.69) is 15.3 Å². The summed E-state index contributed by atoms with van der Waals surface area (Å²) in [6.45, 7) is 0.743. The van der Waals surface area contributed by atoms with Gasteiger partial charge in [0.25, 0.3) is 0 Å². The van der Waals surface area contributed by atoms with Gasteiger partial charge in [-0.2, -0.15) is 0 Å². The molecule has 106 valence electrons. The van der Waals surface area contributed by atoms with Gasteiger partial charge in [0.15, 0.2) is 0 Å². The number of thioether (sulfide) groups is 1. The highest BCUT2D eigenvalue weighted by Gasteiger charge is 2.03. The molecule has 0 spiro atoms. The number of para-hydroxylation sites is 1. The number of anilines is 1. The first-order valence-electron chi connectivity index (χ1n) is 6.65. The minimum atomic E-state index is -0.227. The van der Waals surface area contributed by atoms with Crippen LogP contribution in [0.15, 0.2) is 59.9 Å². The van der Waals surface area contributed by atoms with Gasteiger partial charge >= 0.3 is 0 Å². The standard InChI is InChI=1S/C16H14FN3S/c17-12-4-3-5-13(10-12)18-8-9-21-16-14-6-1-2-7-15(14)19-11-20-16/h1-7,10-11,18H,8-9H2. The lowest BCUT2D eigenvalue weighted by Gasteiger charge is -2.07. The number of rotatable bonds is 5. The molecule has 1 heterocycles. The van der Waals surface area contributed by atoms with Crippen LogP contribution in [0.3, 0.4) is 0 Å². The predicted octanol–water partition coefficient (Wildman–Crippen LogP) is 3.97. The maximum absolute atomic E-state index is 13.1. The Bertz CT molecular complexity index is 743. The third-order valence-corrected chi connectivity index (χ3v) is 4.01. The zero-order valence-electron chi connectivity index (χ0n) is 11.3. The van der Waals surface area contributed by atoms with Crippen LogP contribution in [0.4, 0.5) is 10.1 Å². The van der Waals surface area contributed by atoms with Crippen LogP contribution in [0.2, 0.25) is 0 Å². The highest BCUT2D eigenvalue weighted by atomic mass is 32.2. The molecular weight excluding hydrogens is 285 g/mol. The monoisotopic (exact) mass is 299 g/mol. The third-order valence-electron chi connectivity index (χ3n) is 3.00. The van der Waals surface area contributed by atoms with Crippen molar-refractivity contribution < 1.29 is 4.39 Å². The molecule has 0 aliphatic heterocycles. The van der Waals surface area contributed by atoms with Gasteiger partial charge in [0.1, 0.15) is 17.2 Å². The van der Waals surface area contributed by atoms with Crippen LogP contribution >= 0.6 is 11.8 Å². The second-order valence-corrected chi connectivity index (χ2v) is 5.57. The Balaban J connectivity index is 1.60. The molecule has 0 aliphatic carbocycles. The second kappa shape index (κ2) is 6.54. The highest BCUT2D eigenvalue weighted by molar-refractivity contribution is 7.99. The molecule has 0 amide bonds. The summed E-state index contributed by atoms with van der Waals surface area (Å²) in [5.74, 6) is 0.617. The summed E-state index contributed by atoms with van der Waals surface area (Å²) in [6.07, 6.45) is 1.59. The van der Waals surface area contributed by atoms with Gasteiger partial charge in [-0.3, -0.25) is 0 Å². The molecule has 0 saturated carbocycles. The van der Waals surface area contributed by atoms with Crippen LogP contribution in [0.5, 0.6) is 0 Å². The smallest absolute Gasteiger partial charge is 0.125 e. The molecule has 0 bridgehead atoms. The van der Waals surface area contributed by atoms with E-state index in [1.807, 2.05) is 30.3 Å². The Hall–Kier alpha value is -2.14. The van der Waals surface area contributed by atoms with Crippen molar-refractivity contribution in [1.29, 1.82) is 0 Å². The molecule has 1 N–H and O–H groups in total. The zero-order chi connectivity index (χ0) is 14.5. The van der Waals surface area contributed by atoms with Crippen molar-refractivity contribution in [1.82, 2.24) is 9.97 Å². The van der Waals surface area contributed by atoms with E-state index in [9.17, 15) is 4.39 Å². The van der Waals surface area contributed by atoms with Crippen molar-refractivity contribution in [2.75, 3.05) is 17.6 Å². The van der Waals surface area contributed by atoms with Crippen LogP contribution in [-0.2, 0) is 0 Å². The Kier molecular flexibility index (Phi) is 4.31. The first kappa shape index (κ1) is 13.8. The Labute approximate surface area is 126 Å². The van der Waals surface area contributed by atoms with E-state index >= 15 is 0 Å². The lowest BCUT2D eigenvalue weighted by molar-refractivity contribution is 0.628. The van der Waals surface area contributed by atoms with E-state index in [1.165, 1.54) is 12.1 Å². The summed E-state index contributed by atoms with van der Waals surface area (Å²) < 4.78 is 13.1. The number of nitrogens with one attached hydrogen (secondary N) is 1.